The van der Waals surface area contributed by atoms with Gasteiger partial charge in [0.25, 0.3) is 0 Å². The van der Waals surface area contributed by atoms with Gasteiger partial charge in [0, 0.05) is 6.42 Å². The number of hydrogen-bond acceptors (Lipinski definition) is 5. The molecule has 20 heavy (non-hydrogen) atoms. The van der Waals surface area contributed by atoms with Gasteiger partial charge in [-0.15, -0.1) is 0 Å². The number of carbonyl (C=O) groups is 2. The number of esters is 2. The van der Waals surface area contributed by atoms with E-state index < -0.39 is 23.5 Å². The van der Waals surface area contributed by atoms with Crippen LogP contribution >= 0.6 is 0 Å². The summed E-state index contributed by atoms with van der Waals surface area (Å²) in [6.07, 6.45) is 3.04. The second-order valence-corrected chi connectivity index (χ2v) is 5.66. The Hall–Kier alpha value is -1.57. The third-order valence-electron chi connectivity index (χ3n) is 2.51. The highest BCUT2D eigenvalue weighted by Gasteiger charge is 2.32. The molecule has 0 aliphatic carbocycles. The number of ether oxygens (including phenoxy) is 2. The van der Waals surface area contributed by atoms with E-state index in [1.165, 1.54) is 0 Å². The minimum atomic E-state index is -1.00. The van der Waals surface area contributed by atoms with E-state index in [0.717, 1.165) is 19.3 Å². The normalized spacial score (nSPS) is 12.3. The van der Waals surface area contributed by atoms with Crippen molar-refractivity contribution in [1.29, 1.82) is 5.26 Å². The van der Waals surface area contributed by atoms with Gasteiger partial charge in [-0.2, -0.15) is 5.26 Å². The summed E-state index contributed by atoms with van der Waals surface area (Å²) in [6, 6.07) is 1.93. The van der Waals surface area contributed by atoms with Gasteiger partial charge in [-0.25, -0.2) is 0 Å². The zero-order valence-electron chi connectivity index (χ0n) is 12.9. The number of carbonyl (C=O) groups excluding carboxylic acids is 2. The van der Waals surface area contributed by atoms with E-state index in [9.17, 15) is 9.59 Å². The number of hydrogen-bond donors (Lipinski definition) is 0. The Bertz CT molecular complexity index is 352. The fourth-order valence-electron chi connectivity index (χ4n) is 1.54. The lowest BCUT2D eigenvalue weighted by Crippen LogP contribution is -2.33. The smallest absolute Gasteiger partial charge is 0.320 e. The van der Waals surface area contributed by atoms with E-state index in [2.05, 4.69) is 6.92 Å². The number of nitriles is 1. The maximum atomic E-state index is 12.0. The van der Waals surface area contributed by atoms with Gasteiger partial charge in [0.05, 0.1) is 12.7 Å². The molecular formula is C15H25NO4. The molecular weight excluding hydrogens is 258 g/mol. The molecule has 0 radical (unpaired) electrons. The van der Waals surface area contributed by atoms with Gasteiger partial charge in [-0.3, -0.25) is 9.59 Å². The zero-order chi connectivity index (χ0) is 15.6. The maximum absolute atomic E-state index is 12.0. The average molecular weight is 283 g/mol. The summed E-state index contributed by atoms with van der Waals surface area (Å²) < 4.78 is 10.3. The highest BCUT2D eigenvalue weighted by Crippen LogP contribution is 2.17. The van der Waals surface area contributed by atoms with E-state index in [-0.39, 0.29) is 12.8 Å². The summed E-state index contributed by atoms with van der Waals surface area (Å²) >= 11 is 0. The molecule has 0 amide bonds. The van der Waals surface area contributed by atoms with Crippen LogP contribution in [0.3, 0.4) is 0 Å². The van der Waals surface area contributed by atoms with Gasteiger partial charge in [0.2, 0.25) is 0 Å². The van der Waals surface area contributed by atoms with Crippen LogP contribution in [0.4, 0.5) is 0 Å². The standard InChI is InChI=1S/C15H25NO4/c1-5-6-7-11-19-13(17)12(9-8-10-16)14(18)20-15(2,3)4/h12H,5-9,11H2,1-4H3. The lowest BCUT2D eigenvalue weighted by Gasteiger charge is -2.22. The molecule has 0 spiro atoms. The maximum Gasteiger partial charge on any atom is 0.320 e. The van der Waals surface area contributed by atoms with Crippen LogP contribution in [0.2, 0.25) is 0 Å². The summed E-state index contributed by atoms with van der Waals surface area (Å²) in [6.45, 7) is 7.56. The summed E-state index contributed by atoms with van der Waals surface area (Å²) in [5, 5.41) is 8.60. The Morgan fingerprint density at radius 1 is 1.20 bits per heavy atom. The van der Waals surface area contributed by atoms with Crippen molar-refractivity contribution < 1.29 is 19.1 Å². The second kappa shape index (κ2) is 9.35. The van der Waals surface area contributed by atoms with E-state index in [4.69, 9.17) is 14.7 Å². The molecule has 0 rings (SSSR count). The first-order valence-corrected chi connectivity index (χ1v) is 7.08. The Morgan fingerprint density at radius 3 is 2.35 bits per heavy atom. The lowest BCUT2D eigenvalue weighted by atomic mass is 10.0. The third-order valence-corrected chi connectivity index (χ3v) is 2.51. The van der Waals surface area contributed by atoms with E-state index >= 15 is 0 Å². The van der Waals surface area contributed by atoms with Crippen LogP contribution in [0.5, 0.6) is 0 Å². The molecule has 0 saturated carbocycles. The summed E-state index contributed by atoms with van der Waals surface area (Å²) in [4.78, 5) is 23.9. The largest absolute Gasteiger partial charge is 0.465 e. The SMILES string of the molecule is CCCCCOC(=O)C(CCC#N)C(=O)OC(C)(C)C. The molecule has 0 aromatic heterocycles. The predicted octanol–water partition coefficient (Wildman–Crippen LogP) is 2.98. The van der Waals surface area contributed by atoms with Gasteiger partial charge in [-0.1, -0.05) is 19.8 Å². The first-order valence-electron chi connectivity index (χ1n) is 7.08. The van der Waals surface area contributed by atoms with Gasteiger partial charge in [0.15, 0.2) is 5.92 Å². The third kappa shape index (κ3) is 8.52. The Kier molecular flexibility index (Phi) is 8.62. The van der Waals surface area contributed by atoms with Crippen LogP contribution in [0.25, 0.3) is 0 Å². The Morgan fingerprint density at radius 2 is 1.85 bits per heavy atom. The highest BCUT2D eigenvalue weighted by atomic mass is 16.6. The molecule has 0 saturated heterocycles. The Balaban J connectivity index is 4.50. The van der Waals surface area contributed by atoms with Gasteiger partial charge in [-0.05, 0) is 33.6 Å². The van der Waals surface area contributed by atoms with Crippen molar-refractivity contribution in [1.82, 2.24) is 0 Å². The van der Waals surface area contributed by atoms with Crippen molar-refractivity contribution in [2.24, 2.45) is 5.92 Å². The molecule has 0 aliphatic heterocycles. The van der Waals surface area contributed by atoms with Crippen LogP contribution in [0, 0.1) is 17.2 Å². The van der Waals surface area contributed by atoms with Crippen LogP contribution in [-0.4, -0.2) is 24.1 Å². The zero-order valence-corrected chi connectivity index (χ0v) is 12.9. The fraction of sp³-hybridized carbons (Fsp3) is 0.800. The number of unbranched alkanes of at least 4 members (excludes halogenated alkanes) is 2. The van der Waals surface area contributed by atoms with Crippen LogP contribution in [-0.2, 0) is 19.1 Å². The van der Waals surface area contributed by atoms with Crippen molar-refractivity contribution in [3.8, 4) is 6.07 Å². The minimum Gasteiger partial charge on any atom is -0.465 e. The van der Waals surface area contributed by atoms with Crippen molar-refractivity contribution >= 4 is 11.9 Å². The van der Waals surface area contributed by atoms with Crippen molar-refractivity contribution in [2.45, 2.75) is 65.4 Å². The predicted molar refractivity (Wildman–Crippen MR) is 74.7 cm³/mol. The molecule has 114 valence electrons. The van der Waals surface area contributed by atoms with Gasteiger partial charge < -0.3 is 9.47 Å². The van der Waals surface area contributed by atoms with Crippen molar-refractivity contribution in [3.05, 3.63) is 0 Å². The number of nitrogens with zero attached hydrogens (tertiary/aromatic N) is 1. The molecule has 1 atom stereocenters. The van der Waals surface area contributed by atoms with Crippen molar-refractivity contribution in [3.63, 3.8) is 0 Å². The van der Waals surface area contributed by atoms with E-state index in [1.807, 2.05) is 6.07 Å². The van der Waals surface area contributed by atoms with Gasteiger partial charge >= 0.3 is 11.9 Å². The van der Waals surface area contributed by atoms with Crippen LogP contribution in [0.15, 0.2) is 0 Å². The monoisotopic (exact) mass is 283 g/mol. The molecule has 5 heteroatoms. The first kappa shape index (κ1) is 18.4. The average Bonchev–Trinajstić information content (AvgIpc) is 2.33. The molecule has 1 unspecified atom stereocenters. The quantitative estimate of drug-likeness (QED) is 0.389. The number of rotatable bonds is 8. The Labute approximate surface area is 121 Å². The molecule has 0 bridgehead atoms. The molecule has 0 aromatic carbocycles. The van der Waals surface area contributed by atoms with E-state index in [1.54, 1.807) is 20.8 Å². The second-order valence-electron chi connectivity index (χ2n) is 5.66. The minimum absolute atomic E-state index is 0.119. The summed E-state index contributed by atoms with van der Waals surface area (Å²) in [7, 11) is 0. The highest BCUT2D eigenvalue weighted by molar-refractivity contribution is 5.95. The molecule has 0 aromatic rings. The fourth-order valence-corrected chi connectivity index (χ4v) is 1.54. The molecule has 5 nitrogen and oxygen atoms in total. The van der Waals surface area contributed by atoms with Crippen LogP contribution in [0.1, 0.15) is 59.8 Å². The first-order chi connectivity index (χ1) is 9.31. The summed E-state index contributed by atoms with van der Waals surface area (Å²) in [5.41, 5.74) is -0.662. The van der Waals surface area contributed by atoms with E-state index in [0.29, 0.717) is 6.61 Å². The van der Waals surface area contributed by atoms with Gasteiger partial charge in [0.1, 0.15) is 5.60 Å². The molecule has 0 N–H and O–H groups in total. The van der Waals surface area contributed by atoms with Crippen LogP contribution < -0.4 is 0 Å². The lowest BCUT2D eigenvalue weighted by molar-refractivity contribution is -0.169. The molecule has 0 aliphatic rings. The summed E-state index contributed by atoms with van der Waals surface area (Å²) in [5.74, 6) is -2.21. The molecule has 0 fully saturated rings. The van der Waals surface area contributed by atoms with Crippen molar-refractivity contribution in [2.75, 3.05) is 6.61 Å². The topological polar surface area (TPSA) is 76.4 Å². The molecule has 0 heterocycles.